The average molecular weight is 322 g/mol. The zero-order valence-corrected chi connectivity index (χ0v) is 12.8. The molecule has 23 heavy (non-hydrogen) atoms. The molecule has 112 valence electrons. The molecule has 3 heterocycles. The third kappa shape index (κ3) is 2.62. The van der Waals surface area contributed by atoms with Crippen LogP contribution < -0.4 is 5.32 Å². The fourth-order valence-electron chi connectivity index (χ4n) is 2.40. The number of fused-ring (bicyclic) bond motifs is 1. The van der Waals surface area contributed by atoms with E-state index in [2.05, 4.69) is 20.3 Å². The van der Waals surface area contributed by atoms with Crippen LogP contribution in [0.1, 0.15) is 0 Å². The lowest BCUT2D eigenvalue weighted by Gasteiger charge is -2.06. The van der Waals surface area contributed by atoms with Crippen LogP contribution in [0.4, 0.5) is 11.6 Å². The van der Waals surface area contributed by atoms with Crippen LogP contribution in [-0.4, -0.2) is 19.4 Å². The van der Waals surface area contributed by atoms with Crippen molar-refractivity contribution in [3.63, 3.8) is 0 Å². The highest BCUT2D eigenvalue weighted by Gasteiger charge is 2.14. The van der Waals surface area contributed by atoms with Crippen LogP contribution in [0, 0.1) is 0 Å². The van der Waals surface area contributed by atoms with Gasteiger partial charge in [0.1, 0.15) is 11.3 Å². The lowest BCUT2D eigenvalue weighted by molar-refractivity contribution is 1.13. The van der Waals surface area contributed by atoms with Crippen molar-refractivity contribution in [3.8, 4) is 11.4 Å². The molecular formula is C17H12ClN5. The first-order valence-corrected chi connectivity index (χ1v) is 7.47. The summed E-state index contributed by atoms with van der Waals surface area (Å²) in [6, 6.07) is 17.3. The number of nitrogens with zero attached hydrogens (tertiary/aromatic N) is 4. The summed E-state index contributed by atoms with van der Waals surface area (Å²) in [6.45, 7) is 0. The molecule has 0 amide bonds. The predicted molar refractivity (Wildman–Crippen MR) is 91.0 cm³/mol. The van der Waals surface area contributed by atoms with Gasteiger partial charge in [-0.3, -0.25) is 4.40 Å². The maximum atomic E-state index is 6.30. The van der Waals surface area contributed by atoms with E-state index in [9.17, 15) is 0 Å². The fraction of sp³-hybridized carbons (Fsp3) is 0. The molecular weight excluding hydrogens is 310 g/mol. The summed E-state index contributed by atoms with van der Waals surface area (Å²) in [5.41, 5.74) is 3.17. The van der Waals surface area contributed by atoms with Crippen LogP contribution in [0.2, 0.25) is 5.15 Å². The molecule has 3 aromatic heterocycles. The number of rotatable bonds is 3. The van der Waals surface area contributed by atoms with Gasteiger partial charge in [0.2, 0.25) is 5.95 Å². The molecule has 0 saturated heterocycles. The first-order valence-electron chi connectivity index (χ1n) is 7.09. The molecule has 0 spiro atoms. The zero-order chi connectivity index (χ0) is 15.6. The number of benzene rings is 1. The number of nitrogens with one attached hydrogen (secondary N) is 1. The molecule has 0 fully saturated rings. The molecule has 0 aliphatic rings. The fourth-order valence-corrected chi connectivity index (χ4v) is 2.67. The van der Waals surface area contributed by atoms with Crippen molar-refractivity contribution in [1.82, 2.24) is 19.4 Å². The minimum absolute atomic E-state index is 0.417. The Labute approximate surface area is 137 Å². The van der Waals surface area contributed by atoms with E-state index < -0.39 is 0 Å². The topological polar surface area (TPSA) is 55.1 Å². The number of aromatic nitrogens is 4. The third-order valence-electron chi connectivity index (χ3n) is 3.42. The van der Waals surface area contributed by atoms with Crippen molar-refractivity contribution in [2.24, 2.45) is 0 Å². The molecule has 0 bridgehead atoms. The van der Waals surface area contributed by atoms with E-state index in [0.717, 1.165) is 17.0 Å². The maximum absolute atomic E-state index is 6.30. The maximum Gasteiger partial charge on any atom is 0.227 e. The highest BCUT2D eigenvalue weighted by molar-refractivity contribution is 6.32. The van der Waals surface area contributed by atoms with E-state index in [1.165, 1.54) is 0 Å². The van der Waals surface area contributed by atoms with Crippen molar-refractivity contribution in [1.29, 1.82) is 0 Å². The Bertz CT molecular complexity index is 965. The molecule has 0 atom stereocenters. The van der Waals surface area contributed by atoms with E-state index in [4.69, 9.17) is 11.6 Å². The standard InChI is InChI=1S/C17H12ClN5/c18-16-15(23-11-5-4-8-14(23)22-16)13-9-10-19-17(21-13)20-12-6-2-1-3-7-12/h1-11H,(H,19,20,21). The first-order chi connectivity index (χ1) is 11.3. The molecule has 5 nitrogen and oxygen atoms in total. The Hall–Kier alpha value is -2.92. The van der Waals surface area contributed by atoms with Gasteiger partial charge in [0.05, 0.1) is 5.69 Å². The van der Waals surface area contributed by atoms with Crippen molar-refractivity contribution >= 4 is 28.9 Å². The molecule has 0 unspecified atom stereocenters. The normalized spacial score (nSPS) is 10.8. The van der Waals surface area contributed by atoms with Gasteiger partial charge in [-0.25, -0.2) is 15.0 Å². The lowest BCUT2D eigenvalue weighted by Crippen LogP contribution is -1.99. The van der Waals surface area contributed by atoms with Gasteiger partial charge in [-0.2, -0.15) is 0 Å². The van der Waals surface area contributed by atoms with Crippen molar-refractivity contribution < 1.29 is 0 Å². The van der Waals surface area contributed by atoms with Crippen LogP contribution in [0.15, 0.2) is 67.0 Å². The Morgan fingerprint density at radius 2 is 1.74 bits per heavy atom. The number of imidazole rings is 1. The van der Waals surface area contributed by atoms with E-state index >= 15 is 0 Å². The predicted octanol–water partition coefficient (Wildman–Crippen LogP) is 4.19. The smallest absolute Gasteiger partial charge is 0.227 e. The van der Waals surface area contributed by atoms with Crippen LogP contribution in [0.25, 0.3) is 17.0 Å². The Morgan fingerprint density at radius 3 is 2.61 bits per heavy atom. The quantitative estimate of drug-likeness (QED) is 0.614. The second-order valence-electron chi connectivity index (χ2n) is 4.94. The molecule has 0 saturated carbocycles. The highest BCUT2D eigenvalue weighted by Crippen LogP contribution is 2.28. The Morgan fingerprint density at radius 1 is 0.913 bits per heavy atom. The van der Waals surface area contributed by atoms with Crippen LogP contribution in [-0.2, 0) is 0 Å². The number of hydrogen-bond acceptors (Lipinski definition) is 4. The number of pyridine rings is 1. The molecule has 0 aliphatic carbocycles. The zero-order valence-electron chi connectivity index (χ0n) is 12.0. The monoisotopic (exact) mass is 321 g/mol. The summed E-state index contributed by atoms with van der Waals surface area (Å²) in [5, 5.41) is 3.60. The second-order valence-corrected chi connectivity index (χ2v) is 5.29. The van der Waals surface area contributed by atoms with Gasteiger partial charge in [0.25, 0.3) is 0 Å². The molecule has 0 radical (unpaired) electrons. The van der Waals surface area contributed by atoms with Gasteiger partial charge in [-0.05, 0) is 30.3 Å². The molecule has 4 rings (SSSR count). The summed E-state index contributed by atoms with van der Waals surface area (Å²) < 4.78 is 1.91. The summed E-state index contributed by atoms with van der Waals surface area (Å²) in [4.78, 5) is 13.2. The van der Waals surface area contributed by atoms with E-state index in [-0.39, 0.29) is 0 Å². The minimum atomic E-state index is 0.417. The molecule has 6 heteroatoms. The van der Waals surface area contributed by atoms with Gasteiger partial charge in [-0.1, -0.05) is 35.9 Å². The molecule has 0 aliphatic heterocycles. The number of para-hydroxylation sites is 1. The summed E-state index contributed by atoms with van der Waals surface area (Å²) in [5.74, 6) is 0.510. The second kappa shape index (κ2) is 5.70. The minimum Gasteiger partial charge on any atom is -0.324 e. The number of halogens is 1. The van der Waals surface area contributed by atoms with E-state index in [0.29, 0.717) is 16.8 Å². The van der Waals surface area contributed by atoms with Gasteiger partial charge in [-0.15, -0.1) is 0 Å². The van der Waals surface area contributed by atoms with Gasteiger partial charge >= 0.3 is 0 Å². The van der Waals surface area contributed by atoms with Crippen LogP contribution >= 0.6 is 11.6 Å². The van der Waals surface area contributed by atoms with Crippen LogP contribution in [0.5, 0.6) is 0 Å². The van der Waals surface area contributed by atoms with Crippen LogP contribution in [0.3, 0.4) is 0 Å². The largest absolute Gasteiger partial charge is 0.324 e. The molecule has 4 aromatic rings. The molecule has 1 aromatic carbocycles. The summed E-state index contributed by atoms with van der Waals surface area (Å²) in [6.07, 6.45) is 3.61. The summed E-state index contributed by atoms with van der Waals surface area (Å²) in [7, 11) is 0. The van der Waals surface area contributed by atoms with Gasteiger partial charge < -0.3 is 5.32 Å². The van der Waals surface area contributed by atoms with Crippen molar-refractivity contribution in [3.05, 3.63) is 72.1 Å². The third-order valence-corrected chi connectivity index (χ3v) is 3.68. The highest BCUT2D eigenvalue weighted by atomic mass is 35.5. The van der Waals surface area contributed by atoms with Gasteiger partial charge in [0, 0.05) is 18.1 Å². The first kappa shape index (κ1) is 13.7. The van der Waals surface area contributed by atoms with Crippen molar-refractivity contribution in [2.45, 2.75) is 0 Å². The Balaban J connectivity index is 1.77. The SMILES string of the molecule is Clc1nc2ccccn2c1-c1ccnc(Nc2ccccc2)n1. The van der Waals surface area contributed by atoms with E-state index in [1.807, 2.05) is 65.2 Å². The lowest BCUT2D eigenvalue weighted by atomic mass is 10.3. The van der Waals surface area contributed by atoms with E-state index in [1.54, 1.807) is 6.20 Å². The summed E-state index contributed by atoms with van der Waals surface area (Å²) >= 11 is 6.30. The number of anilines is 2. The number of hydrogen-bond donors (Lipinski definition) is 1. The van der Waals surface area contributed by atoms with Crippen molar-refractivity contribution in [2.75, 3.05) is 5.32 Å². The van der Waals surface area contributed by atoms with Gasteiger partial charge in [0.15, 0.2) is 5.15 Å². The average Bonchev–Trinajstić information content (AvgIpc) is 2.92. The molecule has 1 N–H and O–H groups in total. The Kier molecular flexibility index (Phi) is 3.40.